The molecule has 0 radical (unpaired) electrons. The van der Waals surface area contributed by atoms with Crippen LogP contribution in [0.3, 0.4) is 0 Å². The van der Waals surface area contributed by atoms with Crippen LogP contribution in [-0.4, -0.2) is 12.7 Å². The monoisotopic (exact) mass is 271 g/mol. The van der Waals surface area contributed by atoms with Crippen molar-refractivity contribution < 1.29 is 9.53 Å². The molecule has 0 saturated carbocycles. The standard InChI is InChI=1S/C17H21NO2/c1-2-3-4-7-13-20-17(19)18-16-12-8-10-14-9-5-6-11-15(14)16/h5-6,8-12H,2-4,7,13H2,1H3,(H,18,19). The summed E-state index contributed by atoms with van der Waals surface area (Å²) in [6, 6.07) is 13.8. The van der Waals surface area contributed by atoms with Crippen molar-refractivity contribution in [3.8, 4) is 0 Å². The zero-order valence-electron chi connectivity index (χ0n) is 11.9. The smallest absolute Gasteiger partial charge is 0.411 e. The van der Waals surface area contributed by atoms with E-state index in [4.69, 9.17) is 4.74 Å². The number of rotatable bonds is 6. The average molecular weight is 271 g/mol. The van der Waals surface area contributed by atoms with Gasteiger partial charge in [-0.15, -0.1) is 0 Å². The highest BCUT2D eigenvalue weighted by molar-refractivity contribution is 6.00. The molecule has 1 N–H and O–H groups in total. The summed E-state index contributed by atoms with van der Waals surface area (Å²) >= 11 is 0. The van der Waals surface area contributed by atoms with Gasteiger partial charge in [-0.05, 0) is 17.9 Å². The van der Waals surface area contributed by atoms with E-state index in [0.717, 1.165) is 29.3 Å². The fraction of sp³-hybridized carbons (Fsp3) is 0.353. The van der Waals surface area contributed by atoms with E-state index >= 15 is 0 Å². The summed E-state index contributed by atoms with van der Waals surface area (Å²) in [4.78, 5) is 11.8. The summed E-state index contributed by atoms with van der Waals surface area (Å²) < 4.78 is 5.19. The van der Waals surface area contributed by atoms with Gasteiger partial charge < -0.3 is 4.74 Å². The number of nitrogens with one attached hydrogen (secondary N) is 1. The Morgan fingerprint density at radius 1 is 1.05 bits per heavy atom. The molecule has 0 aliphatic rings. The van der Waals surface area contributed by atoms with Crippen LogP contribution in [0.25, 0.3) is 10.8 Å². The summed E-state index contributed by atoms with van der Waals surface area (Å²) in [5.74, 6) is 0. The highest BCUT2D eigenvalue weighted by atomic mass is 16.5. The van der Waals surface area contributed by atoms with E-state index in [-0.39, 0.29) is 6.09 Å². The first kappa shape index (κ1) is 14.4. The van der Waals surface area contributed by atoms with Crippen LogP contribution in [0.15, 0.2) is 42.5 Å². The van der Waals surface area contributed by atoms with Crippen molar-refractivity contribution in [3.63, 3.8) is 0 Å². The molecule has 0 unspecified atom stereocenters. The lowest BCUT2D eigenvalue weighted by Gasteiger charge is -2.09. The van der Waals surface area contributed by atoms with Crippen LogP contribution in [0, 0.1) is 0 Å². The van der Waals surface area contributed by atoms with Crippen LogP contribution in [0.4, 0.5) is 10.5 Å². The number of amides is 1. The lowest BCUT2D eigenvalue weighted by Crippen LogP contribution is -2.14. The Morgan fingerprint density at radius 2 is 1.85 bits per heavy atom. The average Bonchev–Trinajstić information content (AvgIpc) is 2.47. The molecule has 20 heavy (non-hydrogen) atoms. The zero-order chi connectivity index (χ0) is 14.2. The lowest BCUT2D eigenvalue weighted by atomic mass is 10.1. The summed E-state index contributed by atoms with van der Waals surface area (Å²) in [5.41, 5.74) is 0.793. The van der Waals surface area contributed by atoms with Gasteiger partial charge >= 0.3 is 6.09 Å². The summed E-state index contributed by atoms with van der Waals surface area (Å²) in [6.45, 7) is 2.64. The van der Waals surface area contributed by atoms with Crippen molar-refractivity contribution in [1.29, 1.82) is 0 Å². The molecule has 0 heterocycles. The van der Waals surface area contributed by atoms with Gasteiger partial charge in [0.1, 0.15) is 0 Å². The van der Waals surface area contributed by atoms with Gasteiger partial charge in [-0.3, -0.25) is 5.32 Å². The van der Waals surface area contributed by atoms with Crippen LogP contribution in [0.2, 0.25) is 0 Å². The van der Waals surface area contributed by atoms with Gasteiger partial charge in [-0.2, -0.15) is 0 Å². The molecular formula is C17H21NO2. The molecule has 0 aromatic heterocycles. The molecule has 1 amide bonds. The van der Waals surface area contributed by atoms with Gasteiger partial charge in [0, 0.05) is 5.39 Å². The van der Waals surface area contributed by atoms with Crippen molar-refractivity contribution in [2.45, 2.75) is 32.6 Å². The number of hydrogen-bond donors (Lipinski definition) is 1. The number of fused-ring (bicyclic) bond motifs is 1. The van der Waals surface area contributed by atoms with Crippen LogP contribution < -0.4 is 5.32 Å². The first-order chi connectivity index (χ1) is 9.81. The zero-order valence-corrected chi connectivity index (χ0v) is 11.9. The Balaban J connectivity index is 1.90. The number of hydrogen-bond acceptors (Lipinski definition) is 2. The predicted molar refractivity (Wildman–Crippen MR) is 83.1 cm³/mol. The number of unbranched alkanes of at least 4 members (excludes halogenated alkanes) is 3. The number of carbonyl (C=O) groups excluding carboxylic acids is 1. The topological polar surface area (TPSA) is 38.3 Å². The van der Waals surface area contributed by atoms with E-state index in [0.29, 0.717) is 6.61 Å². The van der Waals surface area contributed by atoms with Crippen molar-refractivity contribution in [1.82, 2.24) is 0 Å². The largest absolute Gasteiger partial charge is 0.449 e. The fourth-order valence-corrected chi connectivity index (χ4v) is 2.17. The van der Waals surface area contributed by atoms with Gasteiger partial charge in [0.2, 0.25) is 0 Å². The van der Waals surface area contributed by atoms with E-state index in [1.165, 1.54) is 12.8 Å². The Labute approximate surface area is 119 Å². The van der Waals surface area contributed by atoms with Gasteiger partial charge in [0.25, 0.3) is 0 Å². The maximum Gasteiger partial charge on any atom is 0.411 e. The summed E-state index contributed by atoms with van der Waals surface area (Å²) in [7, 11) is 0. The molecule has 3 nitrogen and oxygen atoms in total. The third-order valence-electron chi connectivity index (χ3n) is 3.26. The van der Waals surface area contributed by atoms with Gasteiger partial charge in [0.05, 0.1) is 12.3 Å². The predicted octanol–water partition coefficient (Wildman–Crippen LogP) is 4.97. The molecule has 0 aliphatic carbocycles. The highest BCUT2D eigenvalue weighted by Gasteiger charge is 2.05. The summed E-state index contributed by atoms with van der Waals surface area (Å²) in [6.07, 6.45) is 4.03. The second-order valence-corrected chi connectivity index (χ2v) is 4.85. The molecular weight excluding hydrogens is 250 g/mol. The van der Waals surface area contributed by atoms with Crippen LogP contribution >= 0.6 is 0 Å². The highest BCUT2D eigenvalue weighted by Crippen LogP contribution is 2.22. The molecule has 106 valence electrons. The number of carbonyl (C=O) groups is 1. The molecule has 0 atom stereocenters. The van der Waals surface area contributed by atoms with Crippen LogP contribution in [0.1, 0.15) is 32.6 Å². The quantitative estimate of drug-likeness (QED) is 0.753. The number of ether oxygens (including phenoxy) is 1. The minimum Gasteiger partial charge on any atom is -0.449 e. The molecule has 0 aliphatic heterocycles. The van der Waals surface area contributed by atoms with Gasteiger partial charge in [0.15, 0.2) is 0 Å². The molecule has 0 fully saturated rings. The van der Waals surface area contributed by atoms with Crippen LogP contribution in [0.5, 0.6) is 0 Å². The lowest BCUT2D eigenvalue weighted by molar-refractivity contribution is 0.159. The second-order valence-electron chi connectivity index (χ2n) is 4.85. The van der Waals surface area contributed by atoms with E-state index in [1.54, 1.807) is 0 Å². The first-order valence-corrected chi connectivity index (χ1v) is 7.23. The maximum atomic E-state index is 11.8. The molecule has 2 aromatic rings. The second kappa shape index (κ2) is 7.53. The molecule has 3 heteroatoms. The molecule has 0 saturated heterocycles. The molecule has 2 rings (SSSR count). The van der Waals surface area contributed by atoms with E-state index in [2.05, 4.69) is 12.2 Å². The summed E-state index contributed by atoms with van der Waals surface area (Å²) in [5, 5.41) is 4.95. The van der Waals surface area contributed by atoms with Crippen LogP contribution in [-0.2, 0) is 4.74 Å². The van der Waals surface area contributed by atoms with Crippen molar-refractivity contribution >= 4 is 22.6 Å². The maximum absolute atomic E-state index is 11.8. The van der Waals surface area contributed by atoms with Gasteiger partial charge in [-0.25, -0.2) is 4.79 Å². The number of anilines is 1. The third kappa shape index (κ3) is 3.98. The number of benzene rings is 2. The minimum atomic E-state index is -0.377. The Kier molecular flexibility index (Phi) is 5.42. The molecule has 0 spiro atoms. The Bertz CT molecular complexity index is 560. The third-order valence-corrected chi connectivity index (χ3v) is 3.26. The Hall–Kier alpha value is -2.03. The van der Waals surface area contributed by atoms with Gasteiger partial charge in [-0.1, -0.05) is 62.6 Å². The first-order valence-electron chi connectivity index (χ1n) is 7.23. The SMILES string of the molecule is CCCCCCOC(=O)Nc1cccc2ccccc12. The van der Waals surface area contributed by atoms with E-state index < -0.39 is 0 Å². The van der Waals surface area contributed by atoms with E-state index in [1.807, 2.05) is 42.5 Å². The normalized spacial score (nSPS) is 10.4. The minimum absolute atomic E-state index is 0.377. The van der Waals surface area contributed by atoms with E-state index in [9.17, 15) is 4.79 Å². The molecule has 2 aromatic carbocycles. The fourth-order valence-electron chi connectivity index (χ4n) is 2.17. The van der Waals surface area contributed by atoms with Crippen molar-refractivity contribution in [3.05, 3.63) is 42.5 Å². The molecule has 0 bridgehead atoms. The van der Waals surface area contributed by atoms with Crippen molar-refractivity contribution in [2.75, 3.05) is 11.9 Å². The Morgan fingerprint density at radius 3 is 2.70 bits per heavy atom. The van der Waals surface area contributed by atoms with Crippen molar-refractivity contribution in [2.24, 2.45) is 0 Å².